The molecule has 1 amide bonds. The molecule has 2 aromatic carbocycles. The summed E-state index contributed by atoms with van der Waals surface area (Å²) in [5.41, 5.74) is 9.61. The normalized spacial score (nSPS) is 11.1. The SMILES string of the molecule is Cc1[nH]c2cccc(C(N)=O)c2c1-c1ncc(OC(C)C)c(NCc2ccccc2)n1. The highest BCUT2D eigenvalue weighted by atomic mass is 16.5. The van der Waals surface area contributed by atoms with Gasteiger partial charge in [0, 0.05) is 34.3 Å². The summed E-state index contributed by atoms with van der Waals surface area (Å²) in [7, 11) is 0. The molecule has 7 heteroatoms. The van der Waals surface area contributed by atoms with Gasteiger partial charge in [0.05, 0.1) is 12.3 Å². The number of carbonyl (C=O) groups is 1. The van der Waals surface area contributed by atoms with Gasteiger partial charge in [-0.3, -0.25) is 4.79 Å². The van der Waals surface area contributed by atoms with Crippen LogP contribution in [0.5, 0.6) is 5.75 Å². The number of rotatable bonds is 7. The van der Waals surface area contributed by atoms with Crippen molar-refractivity contribution in [2.45, 2.75) is 33.4 Å². The summed E-state index contributed by atoms with van der Waals surface area (Å²) in [6, 6.07) is 15.5. The lowest BCUT2D eigenvalue weighted by Gasteiger charge is -2.15. The highest BCUT2D eigenvalue weighted by molar-refractivity contribution is 6.11. The zero-order valence-corrected chi connectivity index (χ0v) is 17.8. The van der Waals surface area contributed by atoms with E-state index in [1.165, 1.54) is 0 Å². The van der Waals surface area contributed by atoms with Crippen molar-refractivity contribution < 1.29 is 9.53 Å². The molecule has 2 aromatic heterocycles. The first kappa shape index (κ1) is 20.4. The molecular weight excluding hydrogens is 390 g/mol. The number of anilines is 1. The molecule has 0 aliphatic heterocycles. The van der Waals surface area contributed by atoms with Crippen molar-refractivity contribution in [3.05, 3.63) is 71.5 Å². The van der Waals surface area contributed by atoms with Crippen LogP contribution in [-0.2, 0) is 6.54 Å². The van der Waals surface area contributed by atoms with Gasteiger partial charge in [-0.1, -0.05) is 36.4 Å². The van der Waals surface area contributed by atoms with Crippen LogP contribution in [0.4, 0.5) is 5.82 Å². The number of H-pyrrole nitrogens is 1. The number of aryl methyl sites for hydroxylation is 1. The number of fused-ring (bicyclic) bond motifs is 1. The second kappa shape index (κ2) is 8.47. The van der Waals surface area contributed by atoms with E-state index in [1.807, 2.05) is 57.2 Å². The summed E-state index contributed by atoms with van der Waals surface area (Å²) in [5.74, 6) is 1.16. The van der Waals surface area contributed by atoms with Gasteiger partial charge in [0.2, 0.25) is 5.91 Å². The Morgan fingerprint density at radius 2 is 1.94 bits per heavy atom. The van der Waals surface area contributed by atoms with Crippen LogP contribution in [0.25, 0.3) is 22.3 Å². The molecule has 0 spiro atoms. The van der Waals surface area contributed by atoms with Gasteiger partial charge in [-0.15, -0.1) is 0 Å². The van der Waals surface area contributed by atoms with E-state index < -0.39 is 5.91 Å². The Bertz CT molecular complexity index is 1230. The first-order chi connectivity index (χ1) is 14.9. The minimum atomic E-state index is -0.493. The van der Waals surface area contributed by atoms with E-state index >= 15 is 0 Å². The average molecular weight is 415 g/mol. The Hall–Kier alpha value is -3.87. The molecule has 0 aliphatic rings. The third-order valence-electron chi connectivity index (χ3n) is 4.92. The molecule has 0 aliphatic carbocycles. The average Bonchev–Trinajstić information content (AvgIpc) is 3.09. The topological polar surface area (TPSA) is 106 Å². The van der Waals surface area contributed by atoms with Crippen LogP contribution in [0.3, 0.4) is 0 Å². The molecule has 2 heterocycles. The van der Waals surface area contributed by atoms with Crippen LogP contribution in [0.1, 0.15) is 35.5 Å². The van der Waals surface area contributed by atoms with Crippen molar-refractivity contribution in [3.8, 4) is 17.1 Å². The fraction of sp³-hybridized carbons (Fsp3) is 0.208. The van der Waals surface area contributed by atoms with Crippen molar-refractivity contribution >= 4 is 22.6 Å². The number of primary amides is 1. The number of nitrogens with one attached hydrogen (secondary N) is 2. The minimum absolute atomic E-state index is 0.0250. The molecule has 0 unspecified atom stereocenters. The Labute approximate surface area is 180 Å². The number of nitrogens with zero attached hydrogens (tertiary/aromatic N) is 2. The van der Waals surface area contributed by atoms with Gasteiger partial charge in [0.1, 0.15) is 0 Å². The molecule has 0 radical (unpaired) electrons. The maximum absolute atomic E-state index is 12.0. The first-order valence-corrected chi connectivity index (χ1v) is 10.2. The molecule has 4 N–H and O–H groups in total. The number of aromatic nitrogens is 3. The highest BCUT2D eigenvalue weighted by Crippen LogP contribution is 2.34. The van der Waals surface area contributed by atoms with Crippen LogP contribution in [0, 0.1) is 6.92 Å². The summed E-state index contributed by atoms with van der Waals surface area (Å²) in [5, 5.41) is 4.09. The van der Waals surface area contributed by atoms with Crippen LogP contribution in [0.15, 0.2) is 54.7 Å². The summed E-state index contributed by atoms with van der Waals surface area (Å²) < 4.78 is 5.92. The number of benzene rings is 2. The Kier molecular flexibility index (Phi) is 5.58. The summed E-state index contributed by atoms with van der Waals surface area (Å²) in [4.78, 5) is 24.7. The second-order valence-corrected chi connectivity index (χ2v) is 7.63. The number of ether oxygens (including phenoxy) is 1. The van der Waals surface area contributed by atoms with Gasteiger partial charge in [0.25, 0.3) is 0 Å². The Morgan fingerprint density at radius 1 is 1.16 bits per heavy atom. The van der Waals surface area contributed by atoms with Crippen LogP contribution >= 0.6 is 0 Å². The van der Waals surface area contributed by atoms with Crippen LogP contribution in [-0.4, -0.2) is 27.0 Å². The van der Waals surface area contributed by atoms with Crippen molar-refractivity contribution in [3.63, 3.8) is 0 Å². The maximum Gasteiger partial charge on any atom is 0.249 e. The Morgan fingerprint density at radius 3 is 2.65 bits per heavy atom. The molecule has 4 rings (SSSR count). The molecule has 0 saturated carbocycles. The fourth-order valence-electron chi connectivity index (χ4n) is 3.60. The number of aromatic amines is 1. The van der Waals surface area contributed by atoms with Gasteiger partial charge in [-0.05, 0) is 38.5 Å². The highest BCUT2D eigenvalue weighted by Gasteiger charge is 2.20. The molecule has 31 heavy (non-hydrogen) atoms. The third-order valence-corrected chi connectivity index (χ3v) is 4.92. The summed E-state index contributed by atoms with van der Waals surface area (Å²) in [6.07, 6.45) is 1.64. The standard InChI is InChI=1S/C24H25N5O2/c1-14(2)31-19-13-27-24(29-23(19)26-12-16-8-5-4-6-9-16)20-15(3)28-18-11-7-10-17(21(18)20)22(25)30/h4-11,13-14,28H,12H2,1-3H3,(H2,25,30)(H,26,27,29). The molecule has 0 fully saturated rings. The van der Waals surface area contributed by atoms with E-state index in [1.54, 1.807) is 18.3 Å². The largest absolute Gasteiger partial charge is 0.486 e. The molecular formula is C24H25N5O2. The Balaban J connectivity index is 1.81. The van der Waals surface area contributed by atoms with Crippen LogP contribution < -0.4 is 15.8 Å². The summed E-state index contributed by atoms with van der Waals surface area (Å²) >= 11 is 0. The van der Waals surface area contributed by atoms with E-state index in [-0.39, 0.29) is 6.10 Å². The van der Waals surface area contributed by atoms with Gasteiger partial charge < -0.3 is 20.8 Å². The molecule has 158 valence electrons. The maximum atomic E-state index is 12.0. The van der Waals surface area contributed by atoms with Gasteiger partial charge in [-0.2, -0.15) is 0 Å². The minimum Gasteiger partial charge on any atom is -0.486 e. The van der Waals surface area contributed by atoms with E-state index in [9.17, 15) is 4.79 Å². The second-order valence-electron chi connectivity index (χ2n) is 7.63. The number of carbonyl (C=O) groups excluding carboxylic acids is 1. The first-order valence-electron chi connectivity index (χ1n) is 10.2. The van der Waals surface area contributed by atoms with Crippen molar-refractivity contribution in [2.75, 3.05) is 5.32 Å². The smallest absolute Gasteiger partial charge is 0.249 e. The zero-order valence-electron chi connectivity index (χ0n) is 17.8. The zero-order chi connectivity index (χ0) is 22.0. The number of amides is 1. The lowest BCUT2D eigenvalue weighted by atomic mass is 10.0. The summed E-state index contributed by atoms with van der Waals surface area (Å²) in [6.45, 7) is 6.43. The quantitative estimate of drug-likeness (QED) is 0.414. The van der Waals surface area contributed by atoms with E-state index in [2.05, 4.69) is 15.3 Å². The van der Waals surface area contributed by atoms with Crippen molar-refractivity contribution in [1.29, 1.82) is 0 Å². The molecule has 7 nitrogen and oxygen atoms in total. The predicted octanol–water partition coefficient (Wildman–Crippen LogP) is 4.43. The molecule has 0 bridgehead atoms. The van der Waals surface area contributed by atoms with Crippen LogP contribution in [0.2, 0.25) is 0 Å². The molecule has 0 atom stereocenters. The number of nitrogens with two attached hydrogens (primary N) is 1. The van der Waals surface area contributed by atoms with Crippen molar-refractivity contribution in [2.24, 2.45) is 5.73 Å². The predicted molar refractivity (Wildman–Crippen MR) is 122 cm³/mol. The van der Waals surface area contributed by atoms with E-state index in [0.717, 1.165) is 27.7 Å². The van der Waals surface area contributed by atoms with E-state index in [4.69, 9.17) is 15.5 Å². The van der Waals surface area contributed by atoms with Gasteiger partial charge in [0.15, 0.2) is 17.4 Å². The van der Waals surface area contributed by atoms with Gasteiger partial charge >= 0.3 is 0 Å². The fourth-order valence-corrected chi connectivity index (χ4v) is 3.60. The number of hydrogen-bond acceptors (Lipinski definition) is 5. The lowest BCUT2D eigenvalue weighted by Crippen LogP contribution is -2.12. The lowest BCUT2D eigenvalue weighted by molar-refractivity contribution is 0.100. The molecule has 4 aromatic rings. The molecule has 0 saturated heterocycles. The van der Waals surface area contributed by atoms with E-state index in [0.29, 0.717) is 29.5 Å². The van der Waals surface area contributed by atoms with Crippen molar-refractivity contribution in [1.82, 2.24) is 15.0 Å². The number of hydrogen-bond donors (Lipinski definition) is 3. The van der Waals surface area contributed by atoms with Gasteiger partial charge in [-0.25, -0.2) is 9.97 Å². The monoisotopic (exact) mass is 415 g/mol. The third kappa shape index (κ3) is 4.21.